The number of hydrogen-bond acceptors (Lipinski definition) is 1. The van der Waals surface area contributed by atoms with Crippen LogP contribution in [0.2, 0.25) is 0 Å². The summed E-state index contributed by atoms with van der Waals surface area (Å²) >= 11 is 3.20. The van der Waals surface area contributed by atoms with E-state index in [0.717, 1.165) is 6.42 Å². The minimum Gasteiger partial charge on any atom is -0.507 e. The quantitative estimate of drug-likeness (QED) is 0.553. The first-order valence-corrected chi connectivity index (χ1v) is 4.12. The molecule has 10 heavy (non-hydrogen) atoms. The van der Waals surface area contributed by atoms with Gasteiger partial charge in [0.15, 0.2) is 0 Å². The van der Waals surface area contributed by atoms with Gasteiger partial charge in [-0.15, -0.1) is 0 Å². The van der Waals surface area contributed by atoms with Gasteiger partial charge in [0.1, 0.15) is 5.76 Å². The summed E-state index contributed by atoms with van der Waals surface area (Å²) in [5, 5.41) is 8.86. The third-order valence-corrected chi connectivity index (χ3v) is 2.07. The molecule has 0 aliphatic heterocycles. The van der Waals surface area contributed by atoms with Crippen LogP contribution in [0.1, 0.15) is 20.3 Å². The zero-order valence-electron chi connectivity index (χ0n) is 6.39. The summed E-state index contributed by atoms with van der Waals surface area (Å²) in [5.74, 6) is 0.582. The molecule has 0 aliphatic carbocycles. The number of allylic oxidation sites excluding steroid dienone is 2. The molecule has 2 heteroatoms. The summed E-state index contributed by atoms with van der Waals surface area (Å²) < 4.78 is 0.696. The Labute approximate surface area is 70.6 Å². The summed E-state index contributed by atoms with van der Waals surface area (Å²) in [6, 6.07) is 0. The highest BCUT2D eigenvalue weighted by atomic mass is 79.9. The molecule has 0 saturated heterocycles. The van der Waals surface area contributed by atoms with E-state index in [9.17, 15) is 0 Å². The van der Waals surface area contributed by atoms with Crippen molar-refractivity contribution in [3.63, 3.8) is 0 Å². The minimum absolute atomic E-state index is 0.0975. The van der Waals surface area contributed by atoms with Crippen molar-refractivity contribution < 1.29 is 5.11 Å². The highest BCUT2D eigenvalue weighted by Crippen LogP contribution is 2.16. The molecule has 0 rings (SSSR count). The van der Waals surface area contributed by atoms with E-state index in [4.69, 9.17) is 5.11 Å². The second-order valence-electron chi connectivity index (χ2n) is 2.35. The smallest absolute Gasteiger partial charge is 0.122 e. The van der Waals surface area contributed by atoms with E-state index in [-0.39, 0.29) is 5.76 Å². The van der Waals surface area contributed by atoms with E-state index in [1.165, 1.54) is 0 Å². The van der Waals surface area contributed by atoms with Crippen LogP contribution in [0.3, 0.4) is 0 Å². The zero-order valence-corrected chi connectivity index (χ0v) is 7.98. The van der Waals surface area contributed by atoms with Gasteiger partial charge in [-0.05, 0) is 21.8 Å². The third-order valence-electron chi connectivity index (χ3n) is 1.35. The van der Waals surface area contributed by atoms with Crippen molar-refractivity contribution in [2.24, 2.45) is 5.92 Å². The maximum Gasteiger partial charge on any atom is 0.122 e. The Balaban J connectivity index is 4.02. The summed E-state index contributed by atoms with van der Waals surface area (Å²) in [6.45, 7) is 7.57. The van der Waals surface area contributed by atoms with Crippen molar-refractivity contribution >= 4 is 15.9 Å². The van der Waals surface area contributed by atoms with Crippen molar-refractivity contribution in [2.45, 2.75) is 20.3 Å². The molecular formula is C8H13BrO. The fourth-order valence-corrected chi connectivity index (χ4v) is 0.915. The molecule has 0 aromatic heterocycles. The van der Waals surface area contributed by atoms with E-state index in [1.807, 2.05) is 6.08 Å². The molecule has 1 N–H and O–H groups in total. The molecule has 0 fully saturated rings. The number of rotatable bonds is 3. The van der Waals surface area contributed by atoms with E-state index in [1.54, 1.807) is 0 Å². The summed E-state index contributed by atoms with van der Waals surface area (Å²) in [5.41, 5.74) is 0. The normalized spacial score (nSPS) is 14.9. The van der Waals surface area contributed by atoms with Crippen LogP contribution < -0.4 is 0 Å². The van der Waals surface area contributed by atoms with Crippen LogP contribution in [0.25, 0.3) is 0 Å². The van der Waals surface area contributed by atoms with Crippen molar-refractivity contribution in [2.75, 3.05) is 0 Å². The van der Waals surface area contributed by atoms with Crippen LogP contribution in [-0.2, 0) is 0 Å². The van der Waals surface area contributed by atoms with Crippen molar-refractivity contribution in [1.29, 1.82) is 0 Å². The van der Waals surface area contributed by atoms with E-state index in [2.05, 4.69) is 36.4 Å². The molecule has 0 radical (unpaired) electrons. The topological polar surface area (TPSA) is 20.2 Å². The monoisotopic (exact) mass is 204 g/mol. The lowest BCUT2D eigenvalue weighted by Crippen LogP contribution is -1.87. The number of aliphatic hydroxyl groups is 1. The number of halogens is 1. The van der Waals surface area contributed by atoms with Crippen molar-refractivity contribution in [1.82, 2.24) is 0 Å². The van der Waals surface area contributed by atoms with Crippen molar-refractivity contribution in [3.8, 4) is 0 Å². The van der Waals surface area contributed by atoms with Gasteiger partial charge in [-0.1, -0.05) is 32.9 Å². The molecule has 1 atom stereocenters. The van der Waals surface area contributed by atoms with Gasteiger partial charge in [0.05, 0.1) is 4.48 Å². The molecule has 58 valence electrons. The van der Waals surface area contributed by atoms with Crippen LogP contribution >= 0.6 is 15.9 Å². The van der Waals surface area contributed by atoms with Crippen LogP contribution in [0.4, 0.5) is 0 Å². The third kappa shape index (κ3) is 3.72. The fourth-order valence-electron chi connectivity index (χ4n) is 0.464. The van der Waals surface area contributed by atoms with Gasteiger partial charge in [0, 0.05) is 0 Å². The Morgan fingerprint density at radius 2 is 2.30 bits per heavy atom. The van der Waals surface area contributed by atoms with Gasteiger partial charge < -0.3 is 5.11 Å². The highest BCUT2D eigenvalue weighted by Gasteiger charge is 1.98. The van der Waals surface area contributed by atoms with Crippen molar-refractivity contribution in [3.05, 3.63) is 22.9 Å². The SMILES string of the molecule is C=C(O)/C(Br)=C\C(C)CC. The first-order valence-electron chi connectivity index (χ1n) is 3.33. The van der Waals surface area contributed by atoms with Crippen LogP contribution in [0.15, 0.2) is 22.9 Å². The molecule has 0 saturated carbocycles. The lowest BCUT2D eigenvalue weighted by Gasteiger charge is -2.01. The van der Waals surface area contributed by atoms with E-state index < -0.39 is 0 Å². The molecule has 0 aromatic carbocycles. The van der Waals surface area contributed by atoms with Crippen LogP contribution in [-0.4, -0.2) is 5.11 Å². The highest BCUT2D eigenvalue weighted by molar-refractivity contribution is 9.11. The molecule has 0 heterocycles. The van der Waals surface area contributed by atoms with E-state index in [0.29, 0.717) is 10.4 Å². The predicted molar refractivity (Wildman–Crippen MR) is 48.2 cm³/mol. The molecule has 1 nitrogen and oxygen atoms in total. The molecule has 0 aliphatic rings. The maximum absolute atomic E-state index is 8.86. The average molecular weight is 205 g/mol. The summed E-state index contributed by atoms with van der Waals surface area (Å²) in [4.78, 5) is 0. The summed E-state index contributed by atoms with van der Waals surface area (Å²) in [7, 11) is 0. The first kappa shape index (κ1) is 9.76. The van der Waals surface area contributed by atoms with Gasteiger partial charge in [-0.25, -0.2) is 0 Å². The van der Waals surface area contributed by atoms with Gasteiger partial charge in [-0.2, -0.15) is 0 Å². The van der Waals surface area contributed by atoms with E-state index >= 15 is 0 Å². The Morgan fingerprint density at radius 1 is 1.80 bits per heavy atom. The molecule has 0 amide bonds. The lowest BCUT2D eigenvalue weighted by molar-refractivity contribution is 0.432. The fraction of sp³-hybridized carbons (Fsp3) is 0.500. The molecular weight excluding hydrogens is 192 g/mol. The molecule has 0 bridgehead atoms. The second-order valence-corrected chi connectivity index (χ2v) is 3.20. The number of hydrogen-bond donors (Lipinski definition) is 1. The Kier molecular flexibility index (Phi) is 4.45. The van der Waals surface area contributed by atoms with Gasteiger partial charge in [0.25, 0.3) is 0 Å². The maximum atomic E-state index is 8.86. The second kappa shape index (κ2) is 4.56. The molecule has 0 aromatic rings. The Bertz CT molecular complexity index is 149. The van der Waals surface area contributed by atoms with Crippen LogP contribution in [0, 0.1) is 5.92 Å². The average Bonchev–Trinajstić information content (AvgIpc) is 1.87. The van der Waals surface area contributed by atoms with Gasteiger partial charge in [0.2, 0.25) is 0 Å². The first-order chi connectivity index (χ1) is 4.57. The lowest BCUT2D eigenvalue weighted by atomic mass is 10.1. The number of aliphatic hydroxyl groups excluding tert-OH is 1. The zero-order chi connectivity index (χ0) is 8.15. The molecule has 0 spiro atoms. The standard InChI is InChI=1S/C8H13BrO/c1-4-6(2)5-8(9)7(3)10/h5-6,10H,3-4H2,1-2H3/b8-5+. The minimum atomic E-state index is 0.0975. The summed E-state index contributed by atoms with van der Waals surface area (Å²) in [6.07, 6.45) is 3.02. The van der Waals surface area contributed by atoms with Crippen LogP contribution in [0.5, 0.6) is 0 Å². The Morgan fingerprint density at radius 3 is 2.60 bits per heavy atom. The largest absolute Gasteiger partial charge is 0.507 e. The Hall–Kier alpha value is -0.240. The van der Waals surface area contributed by atoms with Gasteiger partial charge in [-0.3, -0.25) is 0 Å². The predicted octanol–water partition coefficient (Wildman–Crippen LogP) is 3.38. The van der Waals surface area contributed by atoms with Gasteiger partial charge >= 0.3 is 0 Å². The molecule has 1 unspecified atom stereocenters.